The summed E-state index contributed by atoms with van der Waals surface area (Å²) in [7, 11) is 0. The van der Waals surface area contributed by atoms with Crippen molar-refractivity contribution in [3.05, 3.63) is 93.8 Å². The molecule has 0 spiro atoms. The fourth-order valence-corrected chi connectivity index (χ4v) is 3.91. The van der Waals surface area contributed by atoms with Crippen molar-refractivity contribution in [2.24, 2.45) is 0 Å². The molecule has 0 saturated carbocycles. The van der Waals surface area contributed by atoms with E-state index >= 15 is 0 Å². The van der Waals surface area contributed by atoms with Gasteiger partial charge in [0.2, 0.25) is 0 Å². The Morgan fingerprint density at radius 3 is 2.62 bits per heavy atom. The Morgan fingerprint density at radius 1 is 1.03 bits per heavy atom. The molecule has 5 nitrogen and oxygen atoms in total. The Balaban J connectivity index is 1.49. The Bertz CT molecular complexity index is 1280. The van der Waals surface area contributed by atoms with E-state index in [2.05, 4.69) is 9.88 Å². The predicted octanol–water partition coefficient (Wildman–Crippen LogP) is 5.62. The number of hydrogen-bond donors (Lipinski definition) is 1. The largest absolute Gasteiger partial charge is 0.492 e. The van der Waals surface area contributed by atoms with Crippen LogP contribution in [0.1, 0.15) is 32.9 Å². The molecule has 0 aliphatic rings. The molecule has 0 aliphatic carbocycles. The SMILES string of the molecule is Cc1ccc(C(=O)NCc2nc3ccccc3n2CCOc2ccc(Cl)c(C)c2)c(C)c1. The highest BCUT2D eigenvalue weighted by atomic mass is 35.5. The number of nitrogens with one attached hydrogen (secondary N) is 1. The van der Waals surface area contributed by atoms with E-state index in [9.17, 15) is 4.79 Å². The zero-order valence-electron chi connectivity index (χ0n) is 18.5. The summed E-state index contributed by atoms with van der Waals surface area (Å²) in [5.41, 5.74) is 5.66. The fourth-order valence-electron chi connectivity index (χ4n) is 3.79. The maximum atomic E-state index is 12.8. The van der Waals surface area contributed by atoms with Gasteiger partial charge in [0.25, 0.3) is 5.91 Å². The first-order valence-electron chi connectivity index (χ1n) is 10.6. The molecule has 4 aromatic rings. The molecule has 6 heteroatoms. The zero-order chi connectivity index (χ0) is 22.7. The average Bonchev–Trinajstić information content (AvgIpc) is 3.12. The number of carbonyl (C=O) groups is 1. The van der Waals surface area contributed by atoms with Crippen LogP contribution in [0.25, 0.3) is 11.0 Å². The molecular weight excluding hydrogens is 422 g/mol. The van der Waals surface area contributed by atoms with Gasteiger partial charge in [0.1, 0.15) is 18.2 Å². The summed E-state index contributed by atoms with van der Waals surface area (Å²) in [5, 5.41) is 3.74. The minimum absolute atomic E-state index is 0.103. The number of aromatic nitrogens is 2. The summed E-state index contributed by atoms with van der Waals surface area (Å²) >= 11 is 6.10. The third-order valence-electron chi connectivity index (χ3n) is 5.48. The monoisotopic (exact) mass is 447 g/mol. The number of carbonyl (C=O) groups excluding carboxylic acids is 1. The van der Waals surface area contributed by atoms with E-state index in [0.717, 1.165) is 44.3 Å². The van der Waals surface area contributed by atoms with Gasteiger partial charge in [-0.05, 0) is 68.3 Å². The number of halogens is 1. The standard InChI is InChI=1S/C26H26ClN3O2/c1-17-8-10-21(18(2)14-17)26(31)28-16-25-29-23-6-4-5-7-24(23)30(25)12-13-32-20-9-11-22(27)19(3)15-20/h4-11,14-15H,12-13,16H2,1-3H3,(H,28,31). The number of nitrogens with zero attached hydrogens (tertiary/aromatic N) is 2. The summed E-state index contributed by atoms with van der Waals surface area (Å²) < 4.78 is 8.04. The van der Waals surface area contributed by atoms with Gasteiger partial charge in [-0.25, -0.2) is 4.98 Å². The molecule has 0 bridgehead atoms. The van der Waals surface area contributed by atoms with E-state index in [1.165, 1.54) is 0 Å². The molecule has 164 valence electrons. The minimum Gasteiger partial charge on any atom is -0.492 e. The number of hydrogen-bond acceptors (Lipinski definition) is 3. The van der Waals surface area contributed by atoms with Gasteiger partial charge in [-0.2, -0.15) is 0 Å². The summed E-state index contributed by atoms with van der Waals surface area (Å²) in [5.74, 6) is 1.47. The third-order valence-corrected chi connectivity index (χ3v) is 5.90. The van der Waals surface area contributed by atoms with Gasteiger partial charge in [-0.1, -0.05) is 41.4 Å². The molecule has 3 aromatic carbocycles. The van der Waals surface area contributed by atoms with Gasteiger partial charge in [-0.3, -0.25) is 4.79 Å². The van der Waals surface area contributed by atoms with Crippen molar-refractivity contribution >= 4 is 28.5 Å². The molecule has 1 aromatic heterocycles. The molecular formula is C26H26ClN3O2. The second kappa shape index (κ2) is 9.45. The summed E-state index contributed by atoms with van der Waals surface area (Å²) in [6, 6.07) is 19.4. The van der Waals surface area contributed by atoms with Crippen LogP contribution in [-0.4, -0.2) is 22.1 Å². The average molecular weight is 448 g/mol. The lowest BCUT2D eigenvalue weighted by Gasteiger charge is -2.13. The number of aryl methyl sites for hydroxylation is 3. The molecule has 1 amide bonds. The van der Waals surface area contributed by atoms with Crippen molar-refractivity contribution < 1.29 is 9.53 Å². The van der Waals surface area contributed by atoms with Gasteiger partial charge in [0.15, 0.2) is 0 Å². The molecule has 0 unspecified atom stereocenters. The zero-order valence-corrected chi connectivity index (χ0v) is 19.2. The topological polar surface area (TPSA) is 56.2 Å². The van der Waals surface area contributed by atoms with Crippen LogP contribution in [0.3, 0.4) is 0 Å². The number of ether oxygens (including phenoxy) is 1. The van der Waals surface area contributed by atoms with Crippen LogP contribution in [0.5, 0.6) is 5.75 Å². The Morgan fingerprint density at radius 2 is 1.84 bits per heavy atom. The van der Waals surface area contributed by atoms with Crippen molar-refractivity contribution in [1.82, 2.24) is 14.9 Å². The van der Waals surface area contributed by atoms with E-state index in [4.69, 9.17) is 21.3 Å². The van der Waals surface area contributed by atoms with Gasteiger partial charge in [0.05, 0.1) is 24.1 Å². The smallest absolute Gasteiger partial charge is 0.251 e. The van der Waals surface area contributed by atoms with Crippen molar-refractivity contribution in [3.8, 4) is 5.75 Å². The van der Waals surface area contributed by atoms with Crippen molar-refractivity contribution in [2.45, 2.75) is 33.9 Å². The maximum Gasteiger partial charge on any atom is 0.251 e. The third kappa shape index (κ3) is 4.78. The highest BCUT2D eigenvalue weighted by Gasteiger charge is 2.14. The molecule has 0 aliphatic heterocycles. The lowest BCUT2D eigenvalue weighted by atomic mass is 10.1. The number of imidazole rings is 1. The van der Waals surface area contributed by atoms with E-state index < -0.39 is 0 Å². The molecule has 0 atom stereocenters. The Labute approximate surface area is 193 Å². The summed E-state index contributed by atoms with van der Waals surface area (Å²) in [6.45, 7) is 7.34. The second-order valence-corrected chi connectivity index (χ2v) is 8.34. The Hall–Kier alpha value is -3.31. The van der Waals surface area contributed by atoms with Crippen LogP contribution in [0, 0.1) is 20.8 Å². The first kappa shape index (κ1) is 21.9. The van der Waals surface area contributed by atoms with Gasteiger partial charge >= 0.3 is 0 Å². The van der Waals surface area contributed by atoms with E-state index in [1.54, 1.807) is 0 Å². The van der Waals surface area contributed by atoms with E-state index in [1.807, 2.05) is 81.4 Å². The molecule has 4 rings (SSSR count). The summed E-state index contributed by atoms with van der Waals surface area (Å²) in [4.78, 5) is 17.5. The van der Waals surface area contributed by atoms with E-state index in [-0.39, 0.29) is 5.91 Å². The van der Waals surface area contributed by atoms with Crippen LogP contribution in [0.4, 0.5) is 0 Å². The van der Waals surface area contributed by atoms with Crippen molar-refractivity contribution in [2.75, 3.05) is 6.61 Å². The maximum absolute atomic E-state index is 12.8. The molecule has 1 heterocycles. The summed E-state index contributed by atoms with van der Waals surface area (Å²) in [6.07, 6.45) is 0. The van der Waals surface area contributed by atoms with Crippen LogP contribution < -0.4 is 10.1 Å². The fraction of sp³-hybridized carbons (Fsp3) is 0.231. The first-order valence-corrected chi connectivity index (χ1v) is 11.0. The second-order valence-electron chi connectivity index (χ2n) is 7.93. The van der Waals surface area contributed by atoms with Crippen LogP contribution in [-0.2, 0) is 13.1 Å². The Kier molecular flexibility index (Phi) is 6.47. The van der Waals surface area contributed by atoms with Crippen LogP contribution in [0.2, 0.25) is 5.02 Å². The number of amides is 1. The molecule has 32 heavy (non-hydrogen) atoms. The number of para-hydroxylation sites is 2. The molecule has 0 fully saturated rings. The lowest BCUT2D eigenvalue weighted by Crippen LogP contribution is -2.26. The molecule has 0 radical (unpaired) electrons. The number of fused-ring (bicyclic) bond motifs is 1. The first-order chi connectivity index (χ1) is 15.4. The molecule has 1 N–H and O–H groups in total. The van der Waals surface area contributed by atoms with Gasteiger partial charge in [-0.15, -0.1) is 0 Å². The van der Waals surface area contributed by atoms with Gasteiger partial charge in [0, 0.05) is 10.6 Å². The number of rotatable bonds is 7. The van der Waals surface area contributed by atoms with Crippen molar-refractivity contribution in [3.63, 3.8) is 0 Å². The van der Waals surface area contributed by atoms with Gasteiger partial charge < -0.3 is 14.6 Å². The highest BCUT2D eigenvalue weighted by Crippen LogP contribution is 2.22. The van der Waals surface area contributed by atoms with Crippen molar-refractivity contribution in [1.29, 1.82) is 0 Å². The normalized spacial score (nSPS) is 11.0. The lowest BCUT2D eigenvalue weighted by molar-refractivity contribution is 0.0949. The van der Waals surface area contributed by atoms with Crippen LogP contribution in [0.15, 0.2) is 60.7 Å². The highest BCUT2D eigenvalue weighted by molar-refractivity contribution is 6.31. The quantitative estimate of drug-likeness (QED) is 0.399. The molecule has 0 saturated heterocycles. The predicted molar refractivity (Wildman–Crippen MR) is 129 cm³/mol. The number of benzene rings is 3. The minimum atomic E-state index is -0.103. The van der Waals surface area contributed by atoms with E-state index in [0.29, 0.717) is 25.3 Å². The van der Waals surface area contributed by atoms with Crippen LogP contribution >= 0.6 is 11.6 Å².